The number of nitrogens with one attached hydrogen (secondary N) is 2. The number of para-hydroxylation sites is 2. The van der Waals surface area contributed by atoms with Crippen LogP contribution in [0.2, 0.25) is 0 Å². The molecule has 0 radical (unpaired) electrons. The minimum Gasteiger partial charge on any atom is -0.495 e. The maximum atomic E-state index is 12.5. The van der Waals surface area contributed by atoms with Crippen molar-refractivity contribution >= 4 is 17.6 Å². The standard InChI is InChI=1S/C24H29N5O5/c1-29(24(31)26-19-7-4-5-8-20(19)33-3)15-13-21-27-23(34-28-21)18-11-9-17(10-12-18)22(30)25-14-6-16-32-2/h4-5,7-12H,6,13-16H2,1-3H3,(H,25,30)(H,26,31). The highest BCUT2D eigenvalue weighted by atomic mass is 16.5. The monoisotopic (exact) mass is 467 g/mol. The molecule has 10 nitrogen and oxygen atoms in total. The number of benzene rings is 2. The topological polar surface area (TPSA) is 119 Å². The molecule has 2 N–H and O–H groups in total. The molecule has 0 unspecified atom stereocenters. The average Bonchev–Trinajstić information content (AvgIpc) is 3.34. The van der Waals surface area contributed by atoms with Gasteiger partial charge in [0.15, 0.2) is 5.82 Å². The van der Waals surface area contributed by atoms with Crippen molar-refractivity contribution in [3.8, 4) is 17.2 Å². The van der Waals surface area contributed by atoms with Crippen molar-refractivity contribution in [2.24, 2.45) is 0 Å². The summed E-state index contributed by atoms with van der Waals surface area (Å²) >= 11 is 0. The maximum absolute atomic E-state index is 12.5. The van der Waals surface area contributed by atoms with Crippen LogP contribution in [0.15, 0.2) is 53.1 Å². The highest BCUT2D eigenvalue weighted by Crippen LogP contribution is 2.23. The summed E-state index contributed by atoms with van der Waals surface area (Å²) < 4.78 is 15.6. The molecule has 0 atom stereocenters. The van der Waals surface area contributed by atoms with E-state index in [0.29, 0.717) is 60.4 Å². The molecule has 3 aromatic rings. The third-order valence-electron chi connectivity index (χ3n) is 5.04. The normalized spacial score (nSPS) is 10.6. The molecule has 0 saturated carbocycles. The van der Waals surface area contributed by atoms with Gasteiger partial charge < -0.3 is 29.5 Å². The molecule has 1 heterocycles. The second-order valence-electron chi connectivity index (χ2n) is 7.50. The van der Waals surface area contributed by atoms with E-state index in [1.807, 2.05) is 12.1 Å². The van der Waals surface area contributed by atoms with Crippen LogP contribution in [-0.2, 0) is 11.2 Å². The van der Waals surface area contributed by atoms with E-state index in [4.69, 9.17) is 14.0 Å². The fraction of sp³-hybridized carbons (Fsp3) is 0.333. The number of likely N-dealkylation sites (N-methyl/N-ethyl adjacent to an activating group) is 1. The molecule has 0 bridgehead atoms. The van der Waals surface area contributed by atoms with Gasteiger partial charge in [0.05, 0.1) is 12.8 Å². The molecule has 0 aliphatic heterocycles. The second kappa shape index (κ2) is 12.4. The highest BCUT2D eigenvalue weighted by Gasteiger charge is 2.14. The van der Waals surface area contributed by atoms with Crippen LogP contribution >= 0.6 is 0 Å². The number of carbonyl (C=O) groups is 2. The minimum absolute atomic E-state index is 0.150. The SMILES string of the molecule is COCCCNC(=O)c1ccc(-c2nc(CCN(C)C(=O)Nc3ccccc3OC)no2)cc1. The van der Waals surface area contributed by atoms with Crippen molar-refractivity contribution in [1.29, 1.82) is 0 Å². The zero-order valence-electron chi connectivity index (χ0n) is 19.5. The smallest absolute Gasteiger partial charge is 0.321 e. The van der Waals surface area contributed by atoms with Gasteiger partial charge in [-0.2, -0.15) is 4.98 Å². The largest absolute Gasteiger partial charge is 0.495 e. The van der Waals surface area contributed by atoms with E-state index in [1.165, 1.54) is 4.90 Å². The first-order chi connectivity index (χ1) is 16.5. The van der Waals surface area contributed by atoms with Gasteiger partial charge in [0.25, 0.3) is 11.8 Å². The average molecular weight is 468 g/mol. The molecule has 1 aromatic heterocycles. The summed E-state index contributed by atoms with van der Waals surface area (Å²) in [6, 6.07) is 13.9. The third kappa shape index (κ3) is 6.79. The number of rotatable bonds is 11. The summed E-state index contributed by atoms with van der Waals surface area (Å²) in [5, 5.41) is 9.66. The van der Waals surface area contributed by atoms with E-state index < -0.39 is 0 Å². The first-order valence-corrected chi connectivity index (χ1v) is 10.9. The Hall–Kier alpha value is -3.92. The molecular weight excluding hydrogens is 438 g/mol. The van der Waals surface area contributed by atoms with Crippen LogP contribution in [0.4, 0.5) is 10.5 Å². The summed E-state index contributed by atoms with van der Waals surface area (Å²) in [6.45, 7) is 1.54. The van der Waals surface area contributed by atoms with Crippen LogP contribution in [0.1, 0.15) is 22.6 Å². The number of aromatic nitrogens is 2. The minimum atomic E-state index is -0.274. The molecule has 0 saturated heterocycles. The van der Waals surface area contributed by atoms with Gasteiger partial charge >= 0.3 is 6.03 Å². The molecule has 0 aliphatic carbocycles. The van der Waals surface area contributed by atoms with Crippen molar-refractivity contribution in [3.63, 3.8) is 0 Å². The summed E-state index contributed by atoms with van der Waals surface area (Å²) in [6.07, 6.45) is 1.17. The van der Waals surface area contributed by atoms with Crippen LogP contribution in [0, 0.1) is 0 Å². The third-order valence-corrected chi connectivity index (χ3v) is 5.04. The quantitative estimate of drug-likeness (QED) is 0.416. The molecule has 2 aromatic carbocycles. The molecule has 0 fully saturated rings. The van der Waals surface area contributed by atoms with Gasteiger partial charge in [-0.3, -0.25) is 4.79 Å². The number of hydrogen-bond acceptors (Lipinski definition) is 7. The van der Waals surface area contributed by atoms with Crippen molar-refractivity contribution in [1.82, 2.24) is 20.4 Å². The van der Waals surface area contributed by atoms with Gasteiger partial charge in [0, 0.05) is 51.4 Å². The van der Waals surface area contributed by atoms with Crippen molar-refractivity contribution < 1.29 is 23.6 Å². The van der Waals surface area contributed by atoms with Crippen LogP contribution in [0.5, 0.6) is 5.75 Å². The number of urea groups is 1. The lowest BCUT2D eigenvalue weighted by atomic mass is 10.1. The highest BCUT2D eigenvalue weighted by molar-refractivity contribution is 5.94. The Labute approximate surface area is 198 Å². The zero-order valence-corrected chi connectivity index (χ0v) is 19.5. The summed E-state index contributed by atoms with van der Waals surface area (Å²) in [7, 11) is 4.86. The van der Waals surface area contributed by atoms with Gasteiger partial charge in [-0.1, -0.05) is 17.3 Å². The Balaban J connectivity index is 1.51. The van der Waals surface area contributed by atoms with Crippen LogP contribution < -0.4 is 15.4 Å². The van der Waals surface area contributed by atoms with E-state index in [2.05, 4.69) is 20.8 Å². The first-order valence-electron chi connectivity index (χ1n) is 10.9. The predicted octanol–water partition coefficient (Wildman–Crippen LogP) is 3.22. The number of carbonyl (C=O) groups excluding carboxylic acids is 2. The Morgan fingerprint density at radius 3 is 2.59 bits per heavy atom. The maximum Gasteiger partial charge on any atom is 0.321 e. The van der Waals surface area contributed by atoms with Crippen molar-refractivity contribution in [2.45, 2.75) is 12.8 Å². The van der Waals surface area contributed by atoms with Gasteiger partial charge in [-0.25, -0.2) is 4.79 Å². The van der Waals surface area contributed by atoms with E-state index in [9.17, 15) is 9.59 Å². The number of nitrogens with zero attached hydrogens (tertiary/aromatic N) is 3. The molecule has 180 valence electrons. The van der Waals surface area contributed by atoms with E-state index in [1.54, 1.807) is 57.7 Å². The first kappa shape index (κ1) is 24.7. The molecule has 0 aliphatic rings. The van der Waals surface area contributed by atoms with Gasteiger partial charge in [-0.05, 0) is 42.8 Å². The van der Waals surface area contributed by atoms with Crippen molar-refractivity contribution in [3.05, 3.63) is 59.9 Å². The summed E-state index contributed by atoms with van der Waals surface area (Å²) in [5.41, 5.74) is 1.84. The van der Waals surface area contributed by atoms with Crippen LogP contribution in [0.3, 0.4) is 0 Å². The number of anilines is 1. The lowest BCUT2D eigenvalue weighted by Crippen LogP contribution is -2.33. The predicted molar refractivity (Wildman–Crippen MR) is 127 cm³/mol. The molecule has 10 heteroatoms. The van der Waals surface area contributed by atoms with E-state index in [-0.39, 0.29) is 11.9 Å². The Bertz CT molecular complexity index is 1080. The fourth-order valence-electron chi connectivity index (χ4n) is 3.09. The Morgan fingerprint density at radius 1 is 1.09 bits per heavy atom. The lowest BCUT2D eigenvalue weighted by Gasteiger charge is -2.18. The van der Waals surface area contributed by atoms with E-state index >= 15 is 0 Å². The fourth-order valence-corrected chi connectivity index (χ4v) is 3.09. The molecule has 3 rings (SSSR count). The van der Waals surface area contributed by atoms with Crippen molar-refractivity contribution in [2.75, 3.05) is 46.3 Å². The van der Waals surface area contributed by atoms with Crippen LogP contribution in [-0.4, -0.2) is 67.9 Å². The van der Waals surface area contributed by atoms with Gasteiger partial charge in [0.1, 0.15) is 5.75 Å². The molecular formula is C24H29N5O5. The van der Waals surface area contributed by atoms with Gasteiger partial charge in [-0.15, -0.1) is 0 Å². The lowest BCUT2D eigenvalue weighted by molar-refractivity contribution is 0.0948. The summed E-state index contributed by atoms with van der Waals surface area (Å²) in [4.78, 5) is 30.6. The number of ether oxygens (including phenoxy) is 2. The molecule has 3 amide bonds. The zero-order chi connectivity index (χ0) is 24.3. The Morgan fingerprint density at radius 2 is 1.85 bits per heavy atom. The van der Waals surface area contributed by atoms with E-state index in [0.717, 1.165) is 6.42 Å². The number of hydrogen-bond donors (Lipinski definition) is 2. The van der Waals surface area contributed by atoms with Crippen LogP contribution in [0.25, 0.3) is 11.5 Å². The molecule has 34 heavy (non-hydrogen) atoms. The summed E-state index contributed by atoms with van der Waals surface area (Å²) in [5.74, 6) is 1.26. The number of methoxy groups -OCH3 is 2. The van der Waals surface area contributed by atoms with Gasteiger partial charge in [0.2, 0.25) is 0 Å². The number of amides is 3. The Kier molecular flexibility index (Phi) is 8.98. The second-order valence-corrected chi connectivity index (χ2v) is 7.50. The molecule has 0 spiro atoms.